The van der Waals surface area contributed by atoms with E-state index in [0.717, 1.165) is 30.2 Å². The molecule has 9 heteroatoms. The zero-order chi connectivity index (χ0) is 29.4. The number of likely N-dealkylation sites (tertiary alicyclic amines) is 1. The molecule has 5 atom stereocenters. The molecule has 2 saturated heterocycles. The van der Waals surface area contributed by atoms with E-state index in [4.69, 9.17) is 4.74 Å². The van der Waals surface area contributed by atoms with Gasteiger partial charge in [-0.25, -0.2) is 0 Å². The van der Waals surface area contributed by atoms with Gasteiger partial charge < -0.3 is 29.4 Å². The van der Waals surface area contributed by atoms with Crippen LogP contribution in [0.15, 0.2) is 78.9 Å². The van der Waals surface area contributed by atoms with Crippen molar-refractivity contribution >= 4 is 34.8 Å². The van der Waals surface area contributed by atoms with Gasteiger partial charge in [0.1, 0.15) is 11.6 Å². The number of anilines is 3. The summed E-state index contributed by atoms with van der Waals surface area (Å²) in [6, 6.07) is 16.4. The van der Waals surface area contributed by atoms with Gasteiger partial charge in [0.15, 0.2) is 0 Å². The van der Waals surface area contributed by atoms with Crippen molar-refractivity contribution in [2.75, 3.05) is 54.0 Å². The Labute approximate surface area is 246 Å². The van der Waals surface area contributed by atoms with E-state index in [2.05, 4.69) is 18.7 Å². The van der Waals surface area contributed by atoms with E-state index in [9.17, 15) is 19.5 Å². The molecule has 0 bridgehead atoms. The highest BCUT2D eigenvalue weighted by Gasteiger charge is 2.71. The molecule has 0 aliphatic carbocycles. The van der Waals surface area contributed by atoms with Crippen molar-refractivity contribution in [1.29, 1.82) is 0 Å². The largest absolute Gasteiger partial charge is 0.396 e. The smallest absolute Gasteiger partial charge is 0.253 e. The van der Waals surface area contributed by atoms with Gasteiger partial charge in [0.05, 0.1) is 17.9 Å². The molecule has 1 unspecified atom stereocenters. The number of nitrogens with zero attached hydrogens (tertiary/aromatic N) is 4. The normalized spacial score (nSPS) is 28.5. The molecule has 0 saturated carbocycles. The summed E-state index contributed by atoms with van der Waals surface area (Å²) in [6.07, 6.45) is 7.19. The number of amides is 3. The van der Waals surface area contributed by atoms with Gasteiger partial charge in [-0.1, -0.05) is 42.5 Å². The minimum absolute atomic E-state index is 0.120. The lowest BCUT2D eigenvalue weighted by Crippen LogP contribution is -2.55. The van der Waals surface area contributed by atoms with Crippen molar-refractivity contribution < 1.29 is 24.2 Å². The zero-order valence-electron chi connectivity index (χ0n) is 24.1. The summed E-state index contributed by atoms with van der Waals surface area (Å²) >= 11 is 0. The number of hydrogen-bond donors (Lipinski definition) is 1. The Bertz CT molecular complexity index is 1390. The van der Waals surface area contributed by atoms with Gasteiger partial charge in [0.2, 0.25) is 11.8 Å². The van der Waals surface area contributed by atoms with Gasteiger partial charge >= 0.3 is 0 Å². The van der Waals surface area contributed by atoms with Crippen molar-refractivity contribution in [2.24, 2.45) is 11.8 Å². The topological polar surface area (TPSA) is 93.6 Å². The third kappa shape index (κ3) is 4.42. The van der Waals surface area contributed by atoms with Gasteiger partial charge in [0.25, 0.3) is 5.91 Å². The van der Waals surface area contributed by atoms with Crippen LogP contribution in [0.4, 0.5) is 17.1 Å². The van der Waals surface area contributed by atoms with Crippen LogP contribution in [0.3, 0.4) is 0 Å². The molecule has 0 radical (unpaired) electrons. The molecule has 2 aromatic rings. The van der Waals surface area contributed by atoms with Crippen molar-refractivity contribution in [1.82, 2.24) is 4.90 Å². The number of carbonyl (C=O) groups excluding carboxylic acids is 3. The molecule has 2 aromatic carbocycles. The van der Waals surface area contributed by atoms with E-state index in [-0.39, 0.29) is 30.9 Å². The first kappa shape index (κ1) is 28.2. The summed E-state index contributed by atoms with van der Waals surface area (Å²) in [5.74, 6) is -2.37. The van der Waals surface area contributed by atoms with E-state index in [1.165, 1.54) is 0 Å². The van der Waals surface area contributed by atoms with Crippen LogP contribution >= 0.6 is 0 Å². The number of aliphatic hydroxyl groups is 1. The van der Waals surface area contributed by atoms with Crippen LogP contribution in [0, 0.1) is 11.8 Å². The van der Waals surface area contributed by atoms with Crippen LogP contribution in [0.25, 0.3) is 0 Å². The van der Waals surface area contributed by atoms with E-state index >= 15 is 0 Å². The summed E-state index contributed by atoms with van der Waals surface area (Å²) in [4.78, 5) is 50.1. The number of hydrogen-bond acceptors (Lipinski definition) is 6. The van der Waals surface area contributed by atoms with E-state index in [0.29, 0.717) is 19.5 Å². The third-order valence-corrected chi connectivity index (χ3v) is 9.07. The van der Waals surface area contributed by atoms with Gasteiger partial charge in [-0.15, -0.1) is 0 Å². The average molecular weight is 571 g/mol. The summed E-state index contributed by atoms with van der Waals surface area (Å²) < 4.78 is 6.71. The molecular weight excluding hydrogens is 532 g/mol. The maximum absolute atomic E-state index is 14.5. The lowest BCUT2D eigenvalue weighted by atomic mass is 9.77. The Morgan fingerprint density at radius 1 is 0.881 bits per heavy atom. The summed E-state index contributed by atoms with van der Waals surface area (Å²) in [6.45, 7) is 6.73. The summed E-state index contributed by atoms with van der Waals surface area (Å²) in [5.41, 5.74) is 1.26. The molecule has 42 heavy (non-hydrogen) atoms. The van der Waals surface area contributed by atoms with Crippen molar-refractivity contribution in [3.05, 3.63) is 78.9 Å². The number of rotatable bonds is 8. The maximum Gasteiger partial charge on any atom is 0.253 e. The van der Waals surface area contributed by atoms with Crippen molar-refractivity contribution in [3.63, 3.8) is 0 Å². The first-order chi connectivity index (χ1) is 20.4. The molecule has 4 heterocycles. The lowest BCUT2D eigenvalue weighted by Gasteiger charge is -2.35. The summed E-state index contributed by atoms with van der Waals surface area (Å²) in [7, 11) is 0. The minimum atomic E-state index is -1.30. The van der Waals surface area contributed by atoms with Crippen LogP contribution in [0.5, 0.6) is 0 Å². The molecule has 4 aliphatic rings. The maximum atomic E-state index is 14.5. The quantitative estimate of drug-likeness (QED) is 0.491. The standard InChI is InChI=1S/C33H38N4O5/c1-3-34(4-2)23-14-16-25(17-15-23)36-20-9-18-33-28(31(40)37(21-10-22-38)29(33)32(36)41)27-26(42-33)13-8-19-35(30(27)39)24-11-6-5-7-12-24/h5-9,11-18,26-29,38H,3-4,10,19-22H2,1-2H3/t26-,27+,28-,29?,33-/m0/s1. The number of ether oxygens (including phenoxy) is 1. The number of carbonyl (C=O) groups is 3. The molecule has 1 spiro atoms. The second kappa shape index (κ2) is 11.4. The molecule has 1 N–H and O–H groups in total. The molecule has 4 aliphatic heterocycles. The highest BCUT2D eigenvalue weighted by Crippen LogP contribution is 2.53. The van der Waals surface area contributed by atoms with Crippen molar-refractivity contribution in [2.45, 2.75) is 38.0 Å². The SMILES string of the molecule is CCN(CC)c1ccc(N2CC=C[C@]34O[C@H]5C=CCN(c6ccccc6)C(=O)[C@H]5[C@H]3C(=O)N(CCCO)C4C2=O)cc1. The van der Waals surface area contributed by atoms with Gasteiger partial charge in [-0.3, -0.25) is 14.4 Å². The first-order valence-corrected chi connectivity index (χ1v) is 14.9. The molecule has 0 aromatic heterocycles. The Morgan fingerprint density at radius 2 is 1.55 bits per heavy atom. The highest BCUT2D eigenvalue weighted by molar-refractivity contribution is 6.07. The second-order valence-electron chi connectivity index (χ2n) is 11.2. The predicted octanol–water partition coefficient (Wildman–Crippen LogP) is 3.00. The van der Waals surface area contributed by atoms with Crippen LogP contribution in [0.2, 0.25) is 0 Å². The molecule has 3 amide bonds. The van der Waals surface area contributed by atoms with Crippen LogP contribution < -0.4 is 14.7 Å². The first-order valence-electron chi connectivity index (χ1n) is 14.9. The van der Waals surface area contributed by atoms with Crippen LogP contribution in [-0.2, 0) is 19.1 Å². The minimum Gasteiger partial charge on any atom is -0.396 e. The number of para-hydroxylation sites is 1. The molecule has 9 nitrogen and oxygen atoms in total. The number of fused-ring (bicyclic) bond motifs is 2. The molecule has 220 valence electrons. The Morgan fingerprint density at radius 3 is 2.24 bits per heavy atom. The van der Waals surface area contributed by atoms with E-state index < -0.39 is 29.6 Å². The molecule has 6 rings (SSSR count). The van der Waals surface area contributed by atoms with Crippen LogP contribution in [0.1, 0.15) is 20.3 Å². The fourth-order valence-electron chi connectivity index (χ4n) is 7.12. The van der Waals surface area contributed by atoms with E-state index in [1.807, 2.05) is 78.9 Å². The summed E-state index contributed by atoms with van der Waals surface area (Å²) in [5, 5.41) is 9.65. The Kier molecular flexibility index (Phi) is 7.64. The third-order valence-electron chi connectivity index (χ3n) is 9.07. The Balaban J connectivity index is 1.38. The second-order valence-corrected chi connectivity index (χ2v) is 11.2. The lowest BCUT2D eigenvalue weighted by molar-refractivity contribution is -0.140. The van der Waals surface area contributed by atoms with Gasteiger partial charge in [-0.05, 0) is 56.7 Å². The molecular formula is C33H38N4O5. The van der Waals surface area contributed by atoms with Gasteiger partial charge in [0, 0.05) is 56.4 Å². The number of benzene rings is 2. The predicted molar refractivity (Wildman–Crippen MR) is 161 cm³/mol. The fourth-order valence-corrected chi connectivity index (χ4v) is 7.12. The van der Waals surface area contributed by atoms with Crippen molar-refractivity contribution in [3.8, 4) is 0 Å². The average Bonchev–Trinajstić information content (AvgIpc) is 3.32. The monoisotopic (exact) mass is 570 g/mol. The fraction of sp³-hybridized carbons (Fsp3) is 0.424. The van der Waals surface area contributed by atoms with Crippen LogP contribution in [-0.4, -0.2) is 84.8 Å². The van der Waals surface area contributed by atoms with E-state index in [1.54, 1.807) is 14.7 Å². The zero-order valence-corrected chi connectivity index (χ0v) is 24.1. The molecule has 2 fully saturated rings. The Hall–Kier alpha value is -3.95. The number of aliphatic hydroxyl groups excluding tert-OH is 1. The highest BCUT2D eigenvalue weighted by atomic mass is 16.5. The van der Waals surface area contributed by atoms with Gasteiger partial charge in [-0.2, -0.15) is 0 Å².